The number of likely N-dealkylation sites (tertiary alicyclic amines) is 1. The topological polar surface area (TPSA) is 50.8 Å². The van der Waals surface area contributed by atoms with Crippen molar-refractivity contribution >= 4 is 5.91 Å². The number of benzene rings is 1. The van der Waals surface area contributed by atoms with Crippen LogP contribution in [0.3, 0.4) is 0 Å². The van der Waals surface area contributed by atoms with E-state index in [9.17, 15) is 4.79 Å². The number of amides is 1. The minimum absolute atomic E-state index is 0.187. The molecule has 4 rings (SSSR count). The van der Waals surface area contributed by atoms with Crippen LogP contribution in [0.25, 0.3) is 0 Å². The number of piperidine rings is 1. The lowest BCUT2D eigenvalue weighted by molar-refractivity contribution is -0.127. The zero-order valence-electron chi connectivity index (χ0n) is 15.7. The molecule has 1 unspecified atom stereocenters. The molecule has 1 atom stereocenters. The first-order valence-corrected chi connectivity index (χ1v) is 9.92. The maximum Gasteiger partial charge on any atom is 0.223 e. The molecule has 1 N–H and O–H groups in total. The first kappa shape index (κ1) is 17.8. The minimum atomic E-state index is 0.187. The van der Waals surface area contributed by atoms with Gasteiger partial charge in [0.05, 0.1) is 19.8 Å². The second-order valence-corrected chi connectivity index (χ2v) is 8.15. The molecule has 1 spiro atoms. The molecule has 142 valence electrons. The van der Waals surface area contributed by atoms with E-state index in [-0.39, 0.29) is 23.3 Å². The molecule has 1 amide bonds. The molecule has 1 aromatic carbocycles. The highest BCUT2D eigenvalue weighted by Gasteiger charge is 2.45. The number of nitrogens with zero attached hydrogens (tertiary/aromatic N) is 1. The second-order valence-electron chi connectivity index (χ2n) is 8.15. The van der Waals surface area contributed by atoms with E-state index in [0.717, 1.165) is 64.1 Å². The minimum Gasteiger partial charge on any atom is -0.497 e. The summed E-state index contributed by atoms with van der Waals surface area (Å²) in [5.74, 6) is 1.42. The summed E-state index contributed by atoms with van der Waals surface area (Å²) in [5.41, 5.74) is 1.55. The Balaban J connectivity index is 1.34. The van der Waals surface area contributed by atoms with Gasteiger partial charge in [-0.3, -0.25) is 9.69 Å². The fourth-order valence-corrected chi connectivity index (χ4v) is 4.40. The molecule has 3 fully saturated rings. The third kappa shape index (κ3) is 3.89. The zero-order chi connectivity index (χ0) is 18.0. The van der Waals surface area contributed by atoms with Gasteiger partial charge in [-0.2, -0.15) is 0 Å². The predicted molar refractivity (Wildman–Crippen MR) is 100 cm³/mol. The molecule has 0 bridgehead atoms. The second kappa shape index (κ2) is 7.57. The number of rotatable bonds is 5. The average molecular weight is 358 g/mol. The Morgan fingerprint density at radius 1 is 1.23 bits per heavy atom. The smallest absolute Gasteiger partial charge is 0.223 e. The summed E-state index contributed by atoms with van der Waals surface area (Å²) >= 11 is 0. The monoisotopic (exact) mass is 358 g/mol. The van der Waals surface area contributed by atoms with E-state index < -0.39 is 0 Å². The highest BCUT2D eigenvalue weighted by molar-refractivity contribution is 5.81. The van der Waals surface area contributed by atoms with Crippen molar-refractivity contribution in [3.63, 3.8) is 0 Å². The number of methoxy groups -OCH3 is 1. The molecule has 0 radical (unpaired) electrons. The first-order chi connectivity index (χ1) is 12.7. The lowest BCUT2D eigenvalue weighted by atomic mass is 9.69. The van der Waals surface area contributed by atoms with E-state index in [1.807, 2.05) is 12.1 Å². The van der Waals surface area contributed by atoms with Crippen LogP contribution in [-0.2, 0) is 16.1 Å². The van der Waals surface area contributed by atoms with Crippen molar-refractivity contribution in [1.82, 2.24) is 10.2 Å². The fraction of sp³-hybridized carbons (Fsp3) is 0.667. The molecule has 2 heterocycles. The van der Waals surface area contributed by atoms with Gasteiger partial charge in [-0.1, -0.05) is 12.1 Å². The Labute approximate surface area is 156 Å². The lowest BCUT2D eigenvalue weighted by Gasteiger charge is -2.49. The SMILES string of the molecule is COc1ccc(CN2CCC3(CCOCC3NC(=O)C3CC3)CC2)cc1. The standard InChI is InChI=1S/C21H30N2O3/c1-25-18-6-2-16(3-7-18)14-23-11-8-21(9-12-23)10-13-26-15-19(21)22-20(24)17-4-5-17/h2-3,6-7,17,19H,4-5,8-15H2,1H3,(H,22,24). The Bertz CT molecular complexity index is 619. The van der Waals surface area contributed by atoms with Gasteiger partial charge < -0.3 is 14.8 Å². The lowest BCUT2D eigenvalue weighted by Crippen LogP contribution is -2.57. The van der Waals surface area contributed by atoms with Gasteiger partial charge in [0.25, 0.3) is 0 Å². The van der Waals surface area contributed by atoms with Crippen LogP contribution < -0.4 is 10.1 Å². The maximum atomic E-state index is 12.3. The molecular formula is C21H30N2O3. The summed E-state index contributed by atoms with van der Waals surface area (Å²) < 4.78 is 11.0. The van der Waals surface area contributed by atoms with Crippen molar-refractivity contribution in [2.45, 2.75) is 44.7 Å². The third-order valence-electron chi connectivity index (χ3n) is 6.45. The highest BCUT2D eigenvalue weighted by Crippen LogP contribution is 2.42. The van der Waals surface area contributed by atoms with Crippen LogP contribution in [0.4, 0.5) is 0 Å². The quantitative estimate of drug-likeness (QED) is 0.879. The van der Waals surface area contributed by atoms with E-state index in [2.05, 4.69) is 22.3 Å². The van der Waals surface area contributed by atoms with Crippen molar-refractivity contribution in [2.24, 2.45) is 11.3 Å². The number of carbonyl (C=O) groups is 1. The van der Waals surface area contributed by atoms with Crippen LogP contribution in [0.1, 0.15) is 37.7 Å². The summed E-state index contributed by atoms with van der Waals surface area (Å²) in [6.45, 7) is 4.66. The Morgan fingerprint density at radius 2 is 1.96 bits per heavy atom. The van der Waals surface area contributed by atoms with Crippen molar-refractivity contribution in [2.75, 3.05) is 33.4 Å². The van der Waals surface area contributed by atoms with E-state index in [1.54, 1.807) is 7.11 Å². The molecule has 1 aromatic rings. The average Bonchev–Trinajstić information content (AvgIpc) is 3.52. The van der Waals surface area contributed by atoms with E-state index in [0.29, 0.717) is 6.61 Å². The molecule has 2 aliphatic heterocycles. The van der Waals surface area contributed by atoms with Gasteiger partial charge in [-0.25, -0.2) is 0 Å². The number of hydrogen-bond acceptors (Lipinski definition) is 4. The Morgan fingerprint density at radius 3 is 2.62 bits per heavy atom. The Kier molecular flexibility index (Phi) is 5.18. The van der Waals surface area contributed by atoms with Gasteiger partial charge in [0.2, 0.25) is 5.91 Å². The molecule has 5 heteroatoms. The largest absolute Gasteiger partial charge is 0.497 e. The van der Waals surface area contributed by atoms with Gasteiger partial charge in [0.15, 0.2) is 0 Å². The van der Waals surface area contributed by atoms with Crippen LogP contribution in [0.15, 0.2) is 24.3 Å². The molecule has 1 saturated carbocycles. The van der Waals surface area contributed by atoms with Crippen LogP contribution in [0.5, 0.6) is 5.75 Å². The number of ether oxygens (including phenoxy) is 2. The van der Waals surface area contributed by atoms with Gasteiger partial charge in [-0.15, -0.1) is 0 Å². The summed E-state index contributed by atoms with van der Waals surface area (Å²) in [4.78, 5) is 14.8. The molecule has 5 nitrogen and oxygen atoms in total. The number of hydrogen-bond donors (Lipinski definition) is 1. The number of carbonyl (C=O) groups excluding carboxylic acids is 1. The molecule has 0 aromatic heterocycles. The summed E-state index contributed by atoms with van der Waals surface area (Å²) in [5, 5.41) is 3.32. The van der Waals surface area contributed by atoms with Crippen molar-refractivity contribution in [1.29, 1.82) is 0 Å². The van der Waals surface area contributed by atoms with Crippen LogP contribution in [-0.4, -0.2) is 50.3 Å². The van der Waals surface area contributed by atoms with E-state index in [1.165, 1.54) is 5.56 Å². The van der Waals surface area contributed by atoms with Gasteiger partial charge in [0.1, 0.15) is 5.75 Å². The van der Waals surface area contributed by atoms with E-state index >= 15 is 0 Å². The molecular weight excluding hydrogens is 328 g/mol. The summed E-state index contributed by atoms with van der Waals surface area (Å²) in [7, 11) is 1.70. The first-order valence-electron chi connectivity index (χ1n) is 9.92. The summed E-state index contributed by atoms with van der Waals surface area (Å²) in [6.07, 6.45) is 5.47. The normalized spacial score (nSPS) is 25.8. The van der Waals surface area contributed by atoms with E-state index in [4.69, 9.17) is 9.47 Å². The van der Waals surface area contributed by atoms with Gasteiger partial charge >= 0.3 is 0 Å². The van der Waals surface area contributed by atoms with Crippen molar-refractivity contribution < 1.29 is 14.3 Å². The Hall–Kier alpha value is -1.59. The van der Waals surface area contributed by atoms with Crippen molar-refractivity contribution in [3.8, 4) is 5.75 Å². The van der Waals surface area contributed by atoms with Gasteiger partial charge in [-0.05, 0) is 68.3 Å². The highest BCUT2D eigenvalue weighted by atomic mass is 16.5. The van der Waals surface area contributed by atoms with Crippen LogP contribution in [0, 0.1) is 11.3 Å². The van der Waals surface area contributed by atoms with Crippen molar-refractivity contribution in [3.05, 3.63) is 29.8 Å². The number of nitrogens with one attached hydrogen (secondary N) is 1. The molecule has 1 aliphatic carbocycles. The third-order valence-corrected chi connectivity index (χ3v) is 6.45. The van der Waals surface area contributed by atoms with Crippen LogP contribution >= 0.6 is 0 Å². The predicted octanol–water partition coefficient (Wildman–Crippen LogP) is 2.59. The van der Waals surface area contributed by atoms with Gasteiger partial charge in [0, 0.05) is 19.1 Å². The molecule has 26 heavy (non-hydrogen) atoms. The fourth-order valence-electron chi connectivity index (χ4n) is 4.40. The molecule has 3 aliphatic rings. The molecule has 2 saturated heterocycles. The maximum absolute atomic E-state index is 12.3. The van der Waals surface area contributed by atoms with Crippen LogP contribution in [0.2, 0.25) is 0 Å². The zero-order valence-corrected chi connectivity index (χ0v) is 15.7. The summed E-state index contributed by atoms with van der Waals surface area (Å²) in [6, 6.07) is 8.55.